The predicted molar refractivity (Wildman–Crippen MR) is 55.8 cm³/mol. The van der Waals surface area contributed by atoms with E-state index in [4.69, 9.17) is 0 Å². The third-order valence-corrected chi connectivity index (χ3v) is 2.42. The Morgan fingerprint density at radius 3 is 2.93 bits per heavy atom. The quantitative estimate of drug-likeness (QED) is 0.751. The van der Waals surface area contributed by atoms with E-state index in [1.807, 2.05) is 26.2 Å². The number of H-pyrrole nitrogens is 1. The number of halogens is 1. The normalized spacial score (nSPS) is 11.1. The molecule has 0 aliphatic heterocycles. The highest BCUT2D eigenvalue weighted by molar-refractivity contribution is 5.83. The van der Waals surface area contributed by atoms with E-state index < -0.39 is 0 Å². The van der Waals surface area contributed by atoms with Crippen LogP contribution in [-0.2, 0) is 6.54 Å². The molecule has 0 bridgehead atoms. The van der Waals surface area contributed by atoms with Gasteiger partial charge in [0, 0.05) is 29.2 Å². The molecule has 0 atom stereocenters. The summed E-state index contributed by atoms with van der Waals surface area (Å²) in [7, 11) is 1.81. The van der Waals surface area contributed by atoms with E-state index >= 15 is 0 Å². The van der Waals surface area contributed by atoms with E-state index in [9.17, 15) is 4.39 Å². The number of aromatic amines is 1. The van der Waals surface area contributed by atoms with Gasteiger partial charge in [0.2, 0.25) is 0 Å². The van der Waals surface area contributed by atoms with E-state index in [2.05, 4.69) is 10.3 Å². The first-order valence-electron chi connectivity index (χ1n) is 4.63. The van der Waals surface area contributed by atoms with Crippen molar-refractivity contribution in [2.75, 3.05) is 7.05 Å². The monoisotopic (exact) mass is 192 g/mol. The van der Waals surface area contributed by atoms with Crippen LogP contribution in [0.1, 0.15) is 11.1 Å². The lowest BCUT2D eigenvalue weighted by Crippen LogP contribution is -2.06. The Bertz CT molecular complexity index is 460. The summed E-state index contributed by atoms with van der Waals surface area (Å²) in [5.74, 6) is -0.159. The Labute approximate surface area is 82.1 Å². The number of aromatic nitrogens is 1. The van der Waals surface area contributed by atoms with Gasteiger partial charge in [-0.2, -0.15) is 0 Å². The fourth-order valence-electron chi connectivity index (χ4n) is 1.65. The van der Waals surface area contributed by atoms with Gasteiger partial charge in [0.15, 0.2) is 0 Å². The molecule has 2 aromatic rings. The molecule has 1 aromatic carbocycles. The summed E-state index contributed by atoms with van der Waals surface area (Å²) in [4.78, 5) is 3.04. The van der Waals surface area contributed by atoms with Crippen LogP contribution in [0.15, 0.2) is 18.3 Å². The fraction of sp³-hybridized carbons (Fsp3) is 0.273. The van der Waals surface area contributed by atoms with E-state index in [-0.39, 0.29) is 5.82 Å². The molecule has 0 unspecified atom stereocenters. The highest BCUT2D eigenvalue weighted by Crippen LogP contribution is 2.21. The first kappa shape index (κ1) is 9.21. The van der Waals surface area contributed by atoms with Gasteiger partial charge >= 0.3 is 0 Å². The summed E-state index contributed by atoms with van der Waals surface area (Å²) in [5, 5.41) is 4.05. The van der Waals surface area contributed by atoms with Crippen molar-refractivity contribution < 1.29 is 4.39 Å². The van der Waals surface area contributed by atoms with Crippen LogP contribution in [0.25, 0.3) is 10.9 Å². The molecule has 0 aliphatic carbocycles. The number of rotatable bonds is 2. The lowest BCUT2D eigenvalue weighted by Gasteiger charge is -2.02. The van der Waals surface area contributed by atoms with Crippen LogP contribution >= 0.6 is 0 Å². The minimum atomic E-state index is -0.159. The molecule has 0 spiro atoms. The van der Waals surface area contributed by atoms with Gasteiger partial charge in [-0.05, 0) is 31.7 Å². The van der Waals surface area contributed by atoms with Crippen molar-refractivity contribution in [3.63, 3.8) is 0 Å². The van der Waals surface area contributed by atoms with Gasteiger partial charge < -0.3 is 10.3 Å². The maximum Gasteiger partial charge on any atom is 0.129 e. The summed E-state index contributed by atoms with van der Waals surface area (Å²) in [6.07, 6.45) is 1.90. The molecule has 1 aromatic heterocycles. The molecule has 2 nitrogen and oxygen atoms in total. The molecule has 0 fully saturated rings. The molecule has 74 valence electrons. The zero-order valence-corrected chi connectivity index (χ0v) is 8.32. The predicted octanol–water partition coefficient (Wildman–Crippen LogP) is 2.33. The van der Waals surface area contributed by atoms with Crippen LogP contribution < -0.4 is 5.32 Å². The van der Waals surface area contributed by atoms with E-state index in [1.165, 1.54) is 0 Å². The summed E-state index contributed by atoms with van der Waals surface area (Å²) < 4.78 is 13.5. The lowest BCUT2D eigenvalue weighted by atomic mass is 10.1. The molecular formula is C11H13FN2. The van der Waals surface area contributed by atoms with Crippen LogP contribution in [0.4, 0.5) is 4.39 Å². The van der Waals surface area contributed by atoms with Gasteiger partial charge in [-0.3, -0.25) is 0 Å². The average Bonchev–Trinajstić information content (AvgIpc) is 2.49. The smallest absolute Gasteiger partial charge is 0.129 e. The lowest BCUT2D eigenvalue weighted by molar-refractivity contribution is 0.603. The fourth-order valence-corrected chi connectivity index (χ4v) is 1.65. The molecule has 0 saturated carbocycles. The van der Waals surface area contributed by atoms with Gasteiger partial charge in [-0.25, -0.2) is 4.39 Å². The van der Waals surface area contributed by atoms with Crippen molar-refractivity contribution >= 4 is 10.9 Å². The highest BCUT2D eigenvalue weighted by atomic mass is 19.1. The standard InChI is InChI=1S/C11H13FN2/c1-7-5-14-11-4-10(12)8(6-13-2)3-9(7)11/h3-5,13-14H,6H2,1-2H3. The van der Waals surface area contributed by atoms with E-state index in [1.54, 1.807) is 6.07 Å². The SMILES string of the molecule is CNCc1cc2c(C)c[nH]c2cc1F. The van der Waals surface area contributed by atoms with Gasteiger partial charge in [-0.15, -0.1) is 0 Å². The minimum Gasteiger partial charge on any atom is -0.361 e. The van der Waals surface area contributed by atoms with Gasteiger partial charge in [-0.1, -0.05) is 0 Å². The molecule has 2 rings (SSSR count). The first-order chi connectivity index (χ1) is 6.72. The van der Waals surface area contributed by atoms with Crippen molar-refractivity contribution in [2.24, 2.45) is 0 Å². The molecule has 2 N–H and O–H groups in total. The van der Waals surface area contributed by atoms with Crippen LogP contribution in [0.2, 0.25) is 0 Å². The molecule has 1 heterocycles. The number of hydrogen-bond acceptors (Lipinski definition) is 1. The maximum absolute atomic E-state index is 13.5. The Kier molecular flexibility index (Phi) is 2.25. The second-order valence-corrected chi connectivity index (χ2v) is 3.49. The summed E-state index contributed by atoms with van der Waals surface area (Å²) in [6, 6.07) is 3.45. The third kappa shape index (κ3) is 1.40. The zero-order valence-electron chi connectivity index (χ0n) is 8.32. The van der Waals surface area contributed by atoms with Gasteiger partial charge in [0.25, 0.3) is 0 Å². The number of benzene rings is 1. The van der Waals surface area contributed by atoms with Gasteiger partial charge in [0.1, 0.15) is 5.82 Å². The second kappa shape index (κ2) is 3.42. The largest absolute Gasteiger partial charge is 0.361 e. The molecule has 3 heteroatoms. The summed E-state index contributed by atoms with van der Waals surface area (Å²) >= 11 is 0. The molecule has 0 aliphatic rings. The Hall–Kier alpha value is -1.35. The minimum absolute atomic E-state index is 0.159. The van der Waals surface area contributed by atoms with Crippen molar-refractivity contribution in [3.8, 4) is 0 Å². The number of hydrogen-bond donors (Lipinski definition) is 2. The molecule has 0 saturated heterocycles. The van der Waals surface area contributed by atoms with Crippen LogP contribution in [-0.4, -0.2) is 12.0 Å². The number of aryl methyl sites for hydroxylation is 1. The van der Waals surface area contributed by atoms with E-state index in [0.717, 1.165) is 16.5 Å². The van der Waals surface area contributed by atoms with Gasteiger partial charge in [0.05, 0.1) is 0 Å². The first-order valence-corrected chi connectivity index (χ1v) is 4.63. The summed E-state index contributed by atoms with van der Waals surface area (Å²) in [6.45, 7) is 2.58. The maximum atomic E-state index is 13.5. The van der Waals surface area contributed by atoms with Crippen LogP contribution in [0.3, 0.4) is 0 Å². The molecular weight excluding hydrogens is 179 g/mol. The Morgan fingerprint density at radius 2 is 2.21 bits per heavy atom. The van der Waals surface area contributed by atoms with Crippen LogP contribution in [0, 0.1) is 12.7 Å². The van der Waals surface area contributed by atoms with Crippen molar-refractivity contribution in [3.05, 3.63) is 35.3 Å². The topological polar surface area (TPSA) is 27.8 Å². The molecule has 14 heavy (non-hydrogen) atoms. The zero-order chi connectivity index (χ0) is 10.1. The summed E-state index contributed by atoms with van der Waals surface area (Å²) in [5.41, 5.74) is 2.72. The number of fused-ring (bicyclic) bond motifs is 1. The van der Waals surface area contributed by atoms with Crippen molar-refractivity contribution in [2.45, 2.75) is 13.5 Å². The van der Waals surface area contributed by atoms with E-state index in [0.29, 0.717) is 12.1 Å². The highest BCUT2D eigenvalue weighted by Gasteiger charge is 2.06. The van der Waals surface area contributed by atoms with Crippen LogP contribution in [0.5, 0.6) is 0 Å². The Morgan fingerprint density at radius 1 is 1.43 bits per heavy atom. The van der Waals surface area contributed by atoms with Crippen molar-refractivity contribution in [1.29, 1.82) is 0 Å². The Balaban J connectivity index is 2.61. The number of nitrogens with one attached hydrogen (secondary N) is 2. The average molecular weight is 192 g/mol. The third-order valence-electron chi connectivity index (χ3n) is 2.42. The van der Waals surface area contributed by atoms with Crippen molar-refractivity contribution in [1.82, 2.24) is 10.3 Å². The molecule has 0 amide bonds. The molecule has 0 radical (unpaired) electrons. The second-order valence-electron chi connectivity index (χ2n) is 3.49.